The van der Waals surface area contributed by atoms with Gasteiger partial charge >= 0.3 is 6.18 Å². The number of halogens is 4. The molecule has 0 radical (unpaired) electrons. The summed E-state index contributed by atoms with van der Waals surface area (Å²) in [6.45, 7) is 1.95. The lowest BCUT2D eigenvalue weighted by atomic mass is 9.99. The molecule has 4 rings (SSSR count). The number of aromatic nitrogens is 2. The van der Waals surface area contributed by atoms with Crippen LogP contribution in [0.2, 0.25) is 5.02 Å². The summed E-state index contributed by atoms with van der Waals surface area (Å²) in [5, 5.41) is 3.42. The van der Waals surface area contributed by atoms with E-state index in [-0.39, 0.29) is 34.7 Å². The van der Waals surface area contributed by atoms with Crippen molar-refractivity contribution in [2.75, 3.05) is 39.2 Å². The Morgan fingerprint density at radius 2 is 2.06 bits per heavy atom. The highest BCUT2D eigenvalue weighted by Gasteiger charge is 2.36. The second-order valence-corrected chi connectivity index (χ2v) is 9.61. The van der Waals surface area contributed by atoms with E-state index in [0.29, 0.717) is 16.9 Å². The summed E-state index contributed by atoms with van der Waals surface area (Å²) in [6.07, 6.45) is -3.23. The summed E-state index contributed by atoms with van der Waals surface area (Å²) in [6, 6.07) is 4.93. The number of nitrogens with two attached hydrogens (primary N) is 1. The van der Waals surface area contributed by atoms with Crippen LogP contribution in [0.4, 0.5) is 24.8 Å². The first kappa shape index (κ1) is 26.1. The lowest BCUT2D eigenvalue weighted by Crippen LogP contribution is -2.26. The Labute approximate surface area is 214 Å². The third-order valence-electron chi connectivity index (χ3n) is 5.55. The van der Waals surface area contributed by atoms with Crippen molar-refractivity contribution in [3.63, 3.8) is 0 Å². The fourth-order valence-electron chi connectivity index (χ4n) is 3.76. The normalized spacial score (nSPS) is 13.9. The number of nitrogens with one attached hydrogen (secondary N) is 1. The molecule has 1 aliphatic rings. The first-order valence-corrected chi connectivity index (χ1v) is 12.0. The molecule has 0 bridgehead atoms. The summed E-state index contributed by atoms with van der Waals surface area (Å²) in [5.41, 5.74) is 6.56. The Kier molecular flexibility index (Phi) is 7.69. The van der Waals surface area contributed by atoms with Gasteiger partial charge in [-0.15, -0.1) is 0 Å². The molecule has 36 heavy (non-hydrogen) atoms. The maximum Gasteiger partial charge on any atom is 0.420 e. The van der Waals surface area contributed by atoms with Gasteiger partial charge in [-0.1, -0.05) is 22.9 Å². The Morgan fingerprint density at radius 3 is 2.75 bits per heavy atom. The van der Waals surface area contributed by atoms with Gasteiger partial charge in [0.25, 0.3) is 5.91 Å². The van der Waals surface area contributed by atoms with E-state index in [2.05, 4.69) is 20.2 Å². The van der Waals surface area contributed by atoms with E-state index >= 15 is 0 Å². The summed E-state index contributed by atoms with van der Waals surface area (Å²) in [4.78, 5) is 22.1. The molecule has 8 nitrogen and oxygen atoms in total. The van der Waals surface area contributed by atoms with E-state index in [9.17, 15) is 18.0 Å². The molecule has 0 fully saturated rings. The predicted octanol–water partition coefficient (Wildman–Crippen LogP) is 4.73. The zero-order valence-corrected chi connectivity index (χ0v) is 21.0. The quantitative estimate of drug-likeness (QED) is 0.397. The highest BCUT2D eigenvalue weighted by molar-refractivity contribution is 7.17. The number of hydrogen-bond donors (Lipinski definition) is 2. The minimum Gasteiger partial charge on any atom is -0.481 e. The monoisotopic (exact) mass is 541 g/mol. The van der Waals surface area contributed by atoms with E-state index in [1.807, 2.05) is 19.2 Å². The minimum absolute atomic E-state index is 0.0463. The number of methoxy groups -OCH3 is 1. The summed E-state index contributed by atoms with van der Waals surface area (Å²) < 4.78 is 51.9. The molecule has 3 N–H and O–H groups in total. The zero-order chi connectivity index (χ0) is 26.0. The van der Waals surface area contributed by atoms with Crippen LogP contribution >= 0.6 is 22.9 Å². The maximum absolute atomic E-state index is 13.8. The Bertz CT molecular complexity index is 1280. The SMILES string of the molecule is COCCOc1sc(-c2nc(Nc3cc4c(cc3Cl)CN(C)CC4)ncc2C(F)(F)F)cc1C(N)=O. The molecule has 13 heteroatoms. The molecule has 3 aromatic rings. The van der Waals surface area contributed by atoms with Crippen LogP contribution in [0.25, 0.3) is 10.6 Å². The molecule has 0 saturated carbocycles. The summed E-state index contributed by atoms with van der Waals surface area (Å²) in [7, 11) is 3.49. The second-order valence-electron chi connectivity index (χ2n) is 8.18. The number of rotatable bonds is 8. The molecule has 0 saturated heterocycles. The fraction of sp³-hybridized carbons (Fsp3) is 0.348. The van der Waals surface area contributed by atoms with Crippen molar-refractivity contribution in [3.05, 3.63) is 51.7 Å². The van der Waals surface area contributed by atoms with Crippen LogP contribution in [0, 0.1) is 0 Å². The van der Waals surface area contributed by atoms with Crippen LogP contribution in [-0.2, 0) is 23.9 Å². The number of anilines is 2. The van der Waals surface area contributed by atoms with E-state index in [0.717, 1.165) is 42.0 Å². The standard InChI is InChI=1S/C23H23ClF3N5O3S/c1-32-4-3-12-8-17(16(24)7-13(12)11-32)30-22-29-10-15(23(25,26)27)19(31-22)18-9-14(20(28)33)21(36-18)35-6-5-34-2/h7-10H,3-6,11H2,1-2H3,(H2,28,33)(H,29,30,31). The van der Waals surface area contributed by atoms with Gasteiger partial charge < -0.3 is 25.4 Å². The van der Waals surface area contributed by atoms with Crippen LogP contribution < -0.4 is 15.8 Å². The van der Waals surface area contributed by atoms with Crippen molar-refractivity contribution >= 4 is 40.5 Å². The zero-order valence-electron chi connectivity index (χ0n) is 19.4. The molecular weight excluding hydrogens is 519 g/mol. The van der Waals surface area contributed by atoms with Crippen molar-refractivity contribution in [1.82, 2.24) is 14.9 Å². The van der Waals surface area contributed by atoms with Gasteiger partial charge in [-0.05, 0) is 42.8 Å². The molecule has 0 unspecified atom stereocenters. The van der Waals surface area contributed by atoms with Crippen LogP contribution in [0.3, 0.4) is 0 Å². The number of nitrogens with zero attached hydrogens (tertiary/aromatic N) is 3. The van der Waals surface area contributed by atoms with Gasteiger partial charge in [-0.3, -0.25) is 4.79 Å². The Morgan fingerprint density at radius 1 is 1.28 bits per heavy atom. The molecule has 0 aliphatic carbocycles. The van der Waals surface area contributed by atoms with Gasteiger partial charge in [-0.2, -0.15) is 13.2 Å². The molecule has 1 aromatic carbocycles. The first-order chi connectivity index (χ1) is 17.1. The molecule has 3 heterocycles. The number of benzene rings is 1. The number of thiophene rings is 1. The number of alkyl halides is 3. The van der Waals surface area contributed by atoms with Gasteiger partial charge in [0.15, 0.2) is 5.06 Å². The average Bonchev–Trinajstić information content (AvgIpc) is 3.24. The highest BCUT2D eigenvalue weighted by Crippen LogP contribution is 2.42. The highest BCUT2D eigenvalue weighted by atomic mass is 35.5. The van der Waals surface area contributed by atoms with E-state index < -0.39 is 23.3 Å². The largest absolute Gasteiger partial charge is 0.481 e. The minimum atomic E-state index is -4.74. The maximum atomic E-state index is 13.8. The lowest BCUT2D eigenvalue weighted by molar-refractivity contribution is -0.137. The lowest BCUT2D eigenvalue weighted by Gasteiger charge is -2.26. The third kappa shape index (κ3) is 5.72. The van der Waals surface area contributed by atoms with Crippen molar-refractivity contribution in [3.8, 4) is 15.6 Å². The van der Waals surface area contributed by atoms with Crippen molar-refractivity contribution in [2.45, 2.75) is 19.1 Å². The van der Waals surface area contributed by atoms with Gasteiger partial charge in [0.05, 0.1) is 33.5 Å². The Balaban J connectivity index is 1.72. The molecule has 1 aliphatic heterocycles. The topological polar surface area (TPSA) is 103 Å². The van der Waals surface area contributed by atoms with Crippen molar-refractivity contribution < 1.29 is 27.4 Å². The molecule has 0 spiro atoms. The predicted molar refractivity (Wildman–Crippen MR) is 131 cm³/mol. The summed E-state index contributed by atoms with van der Waals surface area (Å²) in [5.74, 6) is -0.916. The van der Waals surface area contributed by atoms with Gasteiger partial charge in [0, 0.05) is 26.4 Å². The molecule has 2 aromatic heterocycles. The number of amides is 1. The van der Waals surface area contributed by atoms with Crippen molar-refractivity contribution in [1.29, 1.82) is 0 Å². The smallest absolute Gasteiger partial charge is 0.420 e. The molecule has 192 valence electrons. The number of ether oxygens (including phenoxy) is 2. The molecular formula is C23H23ClF3N5O3S. The van der Waals surface area contributed by atoms with Gasteiger partial charge in [0.2, 0.25) is 5.95 Å². The average molecular weight is 542 g/mol. The third-order valence-corrected chi connectivity index (χ3v) is 6.92. The number of fused-ring (bicyclic) bond motifs is 1. The van der Waals surface area contributed by atoms with Crippen molar-refractivity contribution in [2.24, 2.45) is 5.73 Å². The molecule has 1 amide bonds. The van der Waals surface area contributed by atoms with Crippen LogP contribution in [0.1, 0.15) is 27.0 Å². The first-order valence-electron chi connectivity index (χ1n) is 10.8. The van der Waals surface area contributed by atoms with E-state index in [4.69, 9.17) is 26.8 Å². The Hall–Kier alpha value is -2.93. The fourth-order valence-corrected chi connectivity index (χ4v) is 5.04. The number of carbonyl (C=O) groups is 1. The number of carbonyl (C=O) groups excluding carboxylic acids is 1. The van der Waals surface area contributed by atoms with E-state index in [1.54, 1.807) is 0 Å². The molecule has 0 atom stereocenters. The van der Waals surface area contributed by atoms with Crippen LogP contribution in [-0.4, -0.2) is 54.7 Å². The number of primary amides is 1. The number of hydrogen-bond acceptors (Lipinski definition) is 8. The van der Waals surface area contributed by atoms with Crippen LogP contribution in [0.15, 0.2) is 24.4 Å². The van der Waals surface area contributed by atoms with E-state index in [1.165, 1.54) is 13.2 Å². The van der Waals surface area contributed by atoms with Crippen LogP contribution in [0.5, 0.6) is 5.06 Å². The van der Waals surface area contributed by atoms with Gasteiger partial charge in [-0.25, -0.2) is 9.97 Å². The van der Waals surface area contributed by atoms with Gasteiger partial charge in [0.1, 0.15) is 12.2 Å². The summed E-state index contributed by atoms with van der Waals surface area (Å²) >= 11 is 7.28. The number of likely N-dealkylation sites (N-methyl/N-ethyl adjacent to an activating group) is 1. The second kappa shape index (κ2) is 10.6.